The highest BCUT2D eigenvalue weighted by Gasteiger charge is 2.29. The maximum atomic E-state index is 12.3. The summed E-state index contributed by atoms with van der Waals surface area (Å²) < 4.78 is 0. The fraction of sp³-hybridized carbons (Fsp3) is 0.500. The van der Waals surface area contributed by atoms with Gasteiger partial charge in [0.15, 0.2) is 0 Å². The first kappa shape index (κ1) is 12.2. The standard InChI is InChI=1S/C12H17N3OS/c1-8-9(2)17-6-5-15(8)12(16)10-3-4-14-11(13)7-10/h3-4,7-9H,5-6H2,1-2H3,(H2,13,14). The number of carbonyl (C=O) groups is 1. The van der Waals surface area contributed by atoms with Gasteiger partial charge >= 0.3 is 0 Å². The van der Waals surface area contributed by atoms with Gasteiger partial charge in [-0.1, -0.05) is 6.92 Å². The van der Waals surface area contributed by atoms with Gasteiger partial charge in [0, 0.05) is 35.3 Å². The lowest BCUT2D eigenvalue weighted by Gasteiger charge is -2.37. The molecule has 1 aromatic heterocycles. The maximum absolute atomic E-state index is 12.3. The predicted molar refractivity (Wildman–Crippen MR) is 71.1 cm³/mol. The lowest BCUT2D eigenvalue weighted by molar-refractivity contribution is 0.0698. The number of hydrogen-bond donors (Lipinski definition) is 1. The number of nitrogen functional groups attached to an aromatic ring is 1. The third-order valence-corrected chi connectivity index (χ3v) is 4.51. The fourth-order valence-electron chi connectivity index (χ4n) is 1.97. The van der Waals surface area contributed by atoms with E-state index in [2.05, 4.69) is 18.8 Å². The average molecular weight is 251 g/mol. The molecule has 17 heavy (non-hydrogen) atoms. The zero-order valence-corrected chi connectivity index (χ0v) is 10.9. The van der Waals surface area contributed by atoms with E-state index >= 15 is 0 Å². The molecule has 92 valence electrons. The second-order valence-electron chi connectivity index (χ2n) is 4.28. The number of thioether (sulfide) groups is 1. The van der Waals surface area contributed by atoms with E-state index in [1.807, 2.05) is 16.7 Å². The molecule has 1 saturated heterocycles. The summed E-state index contributed by atoms with van der Waals surface area (Å²) >= 11 is 1.91. The molecule has 2 rings (SSSR count). The molecule has 4 nitrogen and oxygen atoms in total. The first-order chi connectivity index (χ1) is 8.09. The van der Waals surface area contributed by atoms with Crippen LogP contribution >= 0.6 is 11.8 Å². The van der Waals surface area contributed by atoms with Crippen LogP contribution in [0.4, 0.5) is 5.82 Å². The number of carbonyl (C=O) groups excluding carboxylic acids is 1. The van der Waals surface area contributed by atoms with Crippen molar-refractivity contribution in [3.8, 4) is 0 Å². The van der Waals surface area contributed by atoms with E-state index in [0.29, 0.717) is 16.6 Å². The van der Waals surface area contributed by atoms with Gasteiger partial charge in [-0.2, -0.15) is 11.8 Å². The number of amides is 1. The molecule has 1 aliphatic rings. The summed E-state index contributed by atoms with van der Waals surface area (Å²) in [6.45, 7) is 5.06. The van der Waals surface area contributed by atoms with Gasteiger partial charge in [0.25, 0.3) is 5.91 Å². The molecule has 2 N–H and O–H groups in total. The molecule has 0 aromatic carbocycles. The number of pyridine rings is 1. The molecule has 2 heterocycles. The van der Waals surface area contributed by atoms with Crippen molar-refractivity contribution in [2.75, 3.05) is 18.0 Å². The van der Waals surface area contributed by atoms with Crippen LogP contribution in [0.25, 0.3) is 0 Å². The van der Waals surface area contributed by atoms with Gasteiger partial charge in [0.2, 0.25) is 0 Å². The Labute approximate surface area is 106 Å². The van der Waals surface area contributed by atoms with Crippen LogP contribution in [0, 0.1) is 0 Å². The Bertz CT molecular complexity index is 424. The minimum absolute atomic E-state index is 0.0544. The van der Waals surface area contributed by atoms with Gasteiger partial charge < -0.3 is 10.6 Å². The number of rotatable bonds is 1. The first-order valence-corrected chi connectivity index (χ1v) is 6.78. The fourth-order valence-corrected chi connectivity index (χ4v) is 3.07. The van der Waals surface area contributed by atoms with Gasteiger partial charge in [0.05, 0.1) is 0 Å². The monoisotopic (exact) mass is 251 g/mol. The molecule has 1 fully saturated rings. The summed E-state index contributed by atoms with van der Waals surface area (Å²) in [6.07, 6.45) is 1.58. The Morgan fingerprint density at radius 3 is 3.06 bits per heavy atom. The molecule has 1 amide bonds. The van der Waals surface area contributed by atoms with Crippen molar-refractivity contribution in [2.24, 2.45) is 0 Å². The van der Waals surface area contributed by atoms with Crippen molar-refractivity contribution in [3.05, 3.63) is 23.9 Å². The lowest BCUT2D eigenvalue weighted by Crippen LogP contribution is -2.47. The Balaban J connectivity index is 2.19. The molecule has 0 radical (unpaired) electrons. The highest BCUT2D eigenvalue weighted by Crippen LogP contribution is 2.25. The van der Waals surface area contributed by atoms with Crippen molar-refractivity contribution in [2.45, 2.75) is 25.1 Å². The summed E-state index contributed by atoms with van der Waals surface area (Å²) in [7, 11) is 0. The Morgan fingerprint density at radius 2 is 2.35 bits per heavy atom. The number of aromatic nitrogens is 1. The van der Waals surface area contributed by atoms with Gasteiger partial charge in [-0.15, -0.1) is 0 Å². The first-order valence-electron chi connectivity index (χ1n) is 5.73. The Morgan fingerprint density at radius 1 is 1.59 bits per heavy atom. The molecule has 0 bridgehead atoms. The van der Waals surface area contributed by atoms with Crippen LogP contribution in [0.5, 0.6) is 0 Å². The summed E-state index contributed by atoms with van der Waals surface area (Å²) in [5.41, 5.74) is 6.23. The van der Waals surface area contributed by atoms with E-state index in [9.17, 15) is 4.79 Å². The van der Waals surface area contributed by atoms with E-state index < -0.39 is 0 Å². The molecule has 5 heteroatoms. The molecular formula is C12H17N3OS. The molecule has 0 saturated carbocycles. The highest BCUT2D eigenvalue weighted by molar-refractivity contribution is 8.00. The molecule has 0 spiro atoms. The van der Waals surface area contributed by atoms with Gasteiger partial charge in [-0.25, -0.2) is 4.98 Å². The SMILES string of the molecule is CC1SCCN(C(=O)c2ccnc(N)c2)C1C. The van der Waals surface area contributed by atoms with E-state index in [1.165, 1.54) is 0 Å². The quantitative estimate of drug-likeness (QED) is 0.824. The lowest BCUT2D eigenvalue weighted by atomic mass is 10.1. The molecular weight excluding hydrogens is 234 g/mol. The van der Waals surface area contributed by atoms with Crippen molar-refractivity contribution < 1.29 is 4.79 Å². The number of nitrogens with zero attached hydrogens (tertiary/aromatic N) is 2. The minimum atomic E-state index is 0.0544. The summed E-state index contributed by atoms with van der Waals surface area (Å²) in [5.74, 6) is 1.44. The number of hydrogen-bond acceptors (Lipinski definition) is 4. The molecule has 1 aliphatic heterocycles. The van der Waals surface area contributed by atoms with Crippen LogP contribution in [-0.2, 0) is 0 Å². The van der Waals surface area contributed by atoms with Crippen molar-refractivity contribution >= 4 is 23.5 Å². The van der Waals surface area contributed by atoms with Crippen LogP contribution in [-0.4, -0.2) is 39.4 Å². The number of anilines is 1. The third kappa shape index (κ3) is 2.54. The summed E-state index contributed by atoms with van der Waals surface area (Å²) in [4.78, 5) is 18.2. The van der Waals surface area contributed by atoms with E-state index in [0.717, 1.165) is 12.3 Å². The molecule has 2 unspecified atom stereocenters. The van der Waals surface area contributed by atoms with Crippen LogP contribution < -0.4 is 5.73 Å². The Hall–Kier alpha value is -1.23. The van der Waals surface area contributed by atoms with E-state index in [4.69, 9.17) is 5.73 Å². The average Bonchev–Trinajstić information content (AvgIpc) is 2.32. The van der Waals surface area contributed by atoms with Crippen LogP contribution in [0.3, 0.4) is 0 Å². The van der Waals surface area contributed by atoms with E-state index in [-0.39, 0.29) is 11.9 Å². The van der Waals surface area contributed by atoms with E-state index in [1.54, 1.807) is 18.3 Å². The van der Waals surface area contributed by atoms with Crippen LogP contribution in [0.15, 0.2) is 18.3 Å². The second-order valence-corrected chi connectivity index (χ2v) is 5.77. The van der Waals surface area contributed by atoms with Crippen molar-refractivity contribution in [1.29, 1.82) is 0 Å². The predicted octanol–water partition coefficient (Wildman–Crippen LogP) is 1.63. The molecule has 1 aromatic rings. The largest absolute Gasteiger partial charge is 0.384 e. The smallest absolute Gasteiger partial charge is 0.254 e. The maximum Gasteiger partial charge on any atom is 0.254 e. The molecule has 0 aliphatic carbocycles. The van der Waals surface area contributed by atoms with Crippen LogP contribution in [0.2, 0.25) is 0 Å². The van der Waals surface area contributed by atoms with Gasteiger partial charge in [0.1, 0.15) is 5.82 Å². The normalized spacial score (nSPS) is 24.7. The number of nitrogens with two attached hydrogens (primary N) is 1. The van der Waals surface area contributed by atoms with Crippen molar-refractivity contribution in [3.63, 3.8) is 0 Å². The third-order valence-electron chi connectivity index (χ3n) is 3.17. The second kappa shape index (κ2) is 4.96. The highest BCUT2D eigenvalue weighted by atomic mass is 32.2. The van der Waals surface area contributed by atoms with Crippen LogP contribution in [0.1, 0.15) is 24.2 Å². The topological polar surface area (TPSA) is 59.2 Å². The van der Waals surface area contributed by atoms with Gasteiger partial charge in [-0.3, -0.25) is 4.79 Å². The zero-order chi connectivity index (χ0) is 12.4. The zero-order valence-electron chi connectivity index (χ0n) is 10.1. The minimum Gasteiger partial charge on any atom is -0.384 e. The van der Waals surface area contributed by atoms with Crippen molar-refractivity contribution in [1.82, 2.24) is 9.88 Å². The molecule has 2 atom stereocenters. The summed E-state index contributed by atoms with van der Waals surface area (Å²) in [5, 5.41) is 0.479. The van der Waals surface area contributed by atoms with Gasteiger partial charge in [-0.05, 0) is 19.1 Å². The Kier molecular flexibility index (Phi) is 3.57. The summed E-state index contributed by atoms with van der Waals surface area (Å²) in [6, 6.07) is 3.62.